The second-order valence-corrected chi connectivity index (χ2v) is 14.3. The zero-order valence-electron chi connectivity index (χ0n) is 25.3. The standard InChI is InChI=1S/C24H22BrN3.C11H14BrN3/c1-24(2,3)19-14-21-20(25)16-26-28(21)22(15-19)27-23(17-10-6-4-7-11-17)18-12-8-5-9-13-18;1-11(2,3)7-4-9-8(12)6-14-15(9)10(13)5-7/h4-16H,1-3H3;4-6H,13H2,1-3H3. The molecular formula is C35H36Br2N6. The lowest BCUT2D eigenvalue weighted by atomic mass is 9.87. The summed E-state index contributed by atoms with van der Waals surface area (Å²) in [7, 11) is 0. The molecule has 0 fully saturated rings. The Kier molecular flexibility index (Phi) is 8.63. The van der Waals surface area contributed by atoms with Crippen LogP contribution in [0.5, 0.6) is 0 Å². The molecule has 220 valence electrons. The molecule has 0 radical (unpaired) electrons. The number of hydrogen-bond donors (Lipinski definition) is 1. The highest BCUT2D eigenvalue weighted by Crippen LogP contribution is 2.32. The summed E-state index contributed by atoms with van der Waals surface area (Å²) < 4.78 is 5.57. The summed E-state index contributed by atoms with van der Waals surface area (Å²) >= 11 is 7.09. The molecule has 0 amide bonds. The maximum absolute atomic E-state index is 5.95. The van der Waals surface area contributed by atoms with Crippen LogP contribution in [-0.4, -0.2) is 24.9 Å². The van der Waals surface area contributed by atoms with Crippen LogP contribution in [0, 0.1) is 0 Å². The Hall–Kier alpha value is -3.75. The first-order valence-electron chi connectivity index (χ1n) is 14.1. The Bertz CT molecular complexity index is 1870. The van der Waals surface area contributed by atoms with Gasteiger partial charge in [0.2, 0.25) is 0 Å². The zero-order valence-corrected chi connectivity index (χ0v) is 28.5. The van der Waals surface area contributed by atoms with Gasteiger partial charge < -0.3 is 5.73 Å². The smallest absolute Gasteiger partial charge is 0.155 e. The fourth-order valence-corrected chi connectivity index (χ4v) is 5.42. The summed E-state index contributed by atoms with van der Waals surface area (Å²) in [6, 6.07) is 29.0. The Morgan fingerprint density at radius 2 is 1.09 bits per heavy atom. The van der Waals surface area contributed by atoms with E-state index in [0.29, 0.717) is 5.82 Å². The van der Waals surface area contributed by atoms with Gasteiger partial charge in [-0.05, 0) is 78.1 Å². The predicted molar refractivity (Wildman–Crippen MR) is 186 cm³/mol. The Morgan fingerprint density at radius 1 is 0.651 bits per heavy atom. The number of nitrogen functional groups attached to an aromatic ring is 1. The summed E-state index contributed by atoms with van der Waals surface area (Å²) in [6.07, 6.45) is 3.59. The van der Waals surface area contributed by atoms with Crippen LogP contribution in [0.3, 0.4) is 0 Å². The van der Waals surface area contributed by atoms with E-state index in [2.05, 4.69) is 126 Å². The van der Waals surface area contributed by atoms with E-state index in [1.807, 2.05) is 53.2 Å². The van der Waals surface area contributed by atoms with Crippen LogP contribution in [0.1, 0.15) is 63.8 Å². The third-order valence-corrected chi connectivity index (χ3v) is 8.43. The maximum atomic E-state index is 5.95. The fraction of sp³-hybridized carbons (Fsp3) is 0.229. The number of benzene rings is 2. The van der Waals surface area contributed by atoms with E-state index in [0.717, 1.165) is 42.6 Å². The van der Waals surface area contributed by atoms with Crippen LogP contribution >= 0.6 is 31.9 Å². The summed E-state index contributed by atoms with van der Waals surface area (Å²) in [4.78, 5) is 5.11. The van der Waals surface area contributed by atoms with Gasteiger partial charge in [-0.1, -0.05) is 102 Å². The summed E-state index contributed by atoms with van der Waals surface area (Å²) in [5.74, 6) is 1.49. The fourth-order valence-electron chi connectivity index (χ4n) is 4.67. The molecule has 6 nitrogen and oxygen atoms in total. The van der Waals surface area contributed by atoms with E-state index >= 15 is 0 Å². The lowest BCUT2D eigenvalue weighted by molar-refractivity contribution is 0.589. The van der Waals surface area contributed by atoms with Crippen LogP contribution in [0.4, 0.5) is 11.6 Å². The van der Waals surface area contributed by atoms with Gasteiger partial charge in [-0.25, -0.2) is 14.0 Å². The molecule has 0 unspecified atom stereocenters. The molecule has 4 heterocycles. The molecule has 0 aliphatic carbocycles. The molecule has 8 heteroatoms. The summed E-state index contributed by atoms with van der Waals surface area (Å²) in [6.45, 7) is 13.2. The van der Waals surface area contributed by atoms with E-state index < -0.39 is 0 Å². The van der Waals surface area contributed by atoms with Crippen molar-refractivity contribution in [3.8, 4) is 0 Å². The Labute approximate surface area is 269 Å². The number of nitrogens with two attached hydrogens (primary N) is 1. The van der Waals surface area contributed by atoms with Crippen molar-refractivity contribution in [3.05, 3.63) is 129 Å². The quantitative estimate of drug-likeness (QED) is 0.187. The number of rotatable bonds is 3. The van der Waals surface area contributed by atoms with E-state index in [4.69, 9.17) is 10.7 Å². The first kappa shape index (κ1) is 30.7. The second kappa shape index (κ2) is 12.1. The van der Waals surface area contributed by atoms with Crippen molar-refractivity contribution >= 4 is 60.2 Å². The van der Waals surface area contributed by atoms with Gasteiger partial charge in [0.15, 0.2) is 5.82 Å². The average Bonchev–Trinajstić information content (AvgIpc) is 3.54. The van der Waals surface area contributed by atoms with Crippen LogP contribution < -0.4 is 5.73 Å². The molecule has 0 aliphatic rings. The molecule has 0 atom stereocenters. The first-order valence-corrected chi connectivity index (χ1v) is 15.7. The van der Waals surface area contributed by atoms with E-state index in [-0.39, 0.29) is 10.8 Å². The van der Waals surface area contributed by atoms with Gasteiger partial charge in [-0.2, -0.15) is 10.2 Å². The average molecular weight is 701 g/mol. The van der Waals surface area contributed by atoms with Gasteiger partial charge in [-0.15, -0.1) is 0 Å². The number of aromatic nitrogens is 4. The molecule has 6 rings (SSSR count). The summed E-state index contributed by atoms with van der Waals surface area (Å²) in [5, 5.41) is 8.73. The molecule has 0 saturated carbocycles. The summed E-state index contributed by atoms with van der Waals surface area (Å²) in [5.41, 5.74) is 13.6. The van der Waals surface area contributed by atoms with Crippen molar-refractivity contribution in [1.29, 1.82) is 0 Å². The zero-order chi connectivity index (χ0) is 30.9. The molecular weight excluding hydrogens is 664 g/mol. The molecule has 4 aromatic heterocycles. The normalized spacial score (nSPS) is 11.8. The number of fused-ring (bicyclic) bond motifs is 2. The van der Waals surface area contributed by atoms with E-state index in [1.54, 1.807) is 10.7 Å². The SMILES string of the molecule is CC(C)(C)c1cc(N)n2ncc(Br)c2c1.CC(C)(C)c1cc(N=C(c2ccccc2)c2ccccc2)n2ncc(Br)c2c1. The van der Waals surface area contributed by atoms with Crippen molar-refractivity contribution in [2.24, 2.45) is 4.99 Å². The molecule has 2 N–H and O–H groups in total. The molecule has 0 aliphatic heterocycles. The molecule has 0 spiro atoms. The van der Waals surface area contributed by atoms with Crippen LogP contribution in [0.2, 0.25) is 0 Å². The van der Waals surface area contributed by atoms with Crippen molar-refractivity contribution < 1.29 is 0 Å². The molecule has 6 aromatic rings. The number of anilines is 1. The largest absolute Gasteiger partial charge is 0.384 e. The predicted octanol–water partition coefficient (Wildman–Crippen LogP) is 9.54. The van der Waals surface area contributed by atoms with Gasteiger partial charge in [0.1, 0.15) is 5.82 Å². The van der Waals surface area contributed by atoms with E-state index in [1.165, 1.54) is 11.1 Å². The van der Waals surface area contributed by atoms with Gasteiger partial charge in [-0.3, -0.25) is 0 Å². The number of hydrogen-bond acceptors (Lipinski definition) is 4. The van der Waals surface area contributed by atoms with Crippen LogP contribution in [-0.2, 0) is 10.8 Å². The molecule has 43 heavy (non-hydrogen) atoms. The highest BCUT2D eigenvalue weighted by Gasteiger charge is 2.19. The third kappa shape index (κ3) is 6.76. The minimum atomic E-state index is 0.00931. The monoisotopic (exact) mass is 698 g/mol. The highest BCUT2D eigenvalue weighted by atomic mass is 79.9. The van der Waals surface area contributed by atoms with Crippen molar-refractivity contribution in [2.75, 3.05) is 5.73 Å². The Balaban J connectivity index is 0.000000207. The lowest BCUT2D eigenvalue weighted by Gasteiger charge is -2.20. The van der Waals surface area contributed by atoms with Crippen molar-refractivity contribution in [3.63, 3.8) is 0 Å². The Morgan fingerprint density at radius 3 is 1.58 bits per heavy atom. The number of nitrogens with zero attached hydrogens (tertiary/aromatic N) is 5. The first-order chi connectivity index (χ1) is 20.3. The maximum Gasteiger partial charge on any atom is 0.155 e. The van der Waals surface area contributed by atoms with Gasteiger partial charge in [0.25, 0.3) is 0 Å². The minimum Gasteiger partial charge on any atom is -0.384 e. The van der Waals surface area contributed by atoms with Gasteiger partial charge >= 0.3 is 0 Å². The second-order valence-electron chi connectivity index (χ2n) is 12.5. The topological polar surface area (TPSA) is 73.0 Å². The lowest BCUT2D eigenvalue weighted by Crippen LogP contribution is -2.13. The van der Waals surface area contributed by atoms with Crippen molar-refractivity contribution in [2.45, 2.75) is 52.4 Å². The van der Waals surface area contributed by atoms with Crippen LogP contribution in [0.25, 0.3) is 11.0 Å². The number of aliphatic imine (C=N–C) groups is 1. The molecule has 2 aromatic carbocycles. The van der Waals surface area contributed by atoms with Crippen molar-refractivity contribution in [1.82, 2.24) is 19.2 Å². The highest BCUT2D eigenvalue weighted by molar-refractivity contribution is 9.11. The number of pyridine rings is 2. The van der Waals surface area contributed by atoms with Gasteiger partial charge in [0, 0.05) is 11.1 Å². The van der Waals surface area contributed by atoms with Crippen LogP contribution in [0.15, 0.2) is 111 Å². The van der Waals surface area contributed by atoms with E-state index in [9.17, 15) is 0 Å². The number of halogens is 2. The molecule has 0 saturated heterocycles. The molecule has 0 bridgehead atoms. The third-order valence-electron chi connectivity index (χ3n) is 7.21. The van der Waals surface area contributed by atoms with Gasteiger partial charge in [0.05, 0.1) is 38.1 Å². The minimum absolute atomic E-state index is 0.00931.